The molecule has 5 heteroatoms. The Kier molecular flexibility index (Phi) is 9.96. The monoisotopic (exact) mass is 342 g/mol. The van der Waals surface area contributed by atoms with Crippen LogP contribution < -0.4 is 4.74 Å². The molecule has 1 aromatic carbocycles. The van der Waals surface area contributed by atoms with Gasteiger partial charge in [0.15, 0.2) is 6.79 Å². The highest BCUT2D eigenvalue weighted by Gasteiger charge is 2.10. The van der Waals surface area contributed by atoms with E-state index in [0.29, 0.717) is 12.2 Å². The molecule has 0 aliphatic rings. The lowest BCUT2D eigenvalue weighted by Crippen LogP contribution is -2.11. The van der Waals surface area contributed by atoms with Gasteiger partial charge in [0.25, 0.3) is 0 Å². The predicted octanol–water partition coefficient (Wildman–Crippen LogP) is 3.99. The number of rotatable bonds is 13. The van der Waals surface area contributed by atoms with E-state index in [9.17, 15) is 8.42 Å². The van der Waals surface area contributed by atoms with Crippen molar-refractivity contribution in [1.82, 2.24) is 0 Å². The number of hydrogen-bond donors (Lipinski definition) is 0. The second-order valence-corrected chi connectivity index (χ2v) is 8.17. The van der Waals surface area contributed by atoms with Crippen LogP contribution >= 0.6 is 0 Å². The quantitative estimate of drug-likeness (QED) is 0.402. The maximum atomic E-state index is 12.0. The Morgan fingerprint density at radius 3 is 2.22 bits per heavy atom. The molecule has 0 aromatic heterocycles. The van der Waals surface area contributed by atoms with E-state index >= 15 is 0 Å². The molecule has 1 rings (SSSR count). The summed E-state index contributed by atoms with van der Waals surface area (Å²) in [4.78, 5) is 0. The van der Waals surface area contributed by atoms with Crippen molar-refractivity contribution in [1.29, 1.82) is 0 Å². The molecule has 0 N–H and O–H groups in total. The van der Waals surface area contributed by atoms with Crippen LogP contribution in [0.4, 0.5) is 0 Å². The lowest BCUT2D eigenvalue weighted by Gasteiger charge is -2.07. The molecule has 0 fully saturated rings. The van der Waals surface area contributed by atoms with Crippen molar-refractivity contribution in [2.24, 2.45) is 0 Å². The fourth-order valence-electron chi connectivity index (χ4n) is 2.40. The number of aryl methyl sites for hydroxylation is 1. The van der Waals surface area contributed by atoms with E-state index in [1.807, 2.05) is 24.3 Å². The molecule has 1 aromatic rings. The number of unbranched alkanes of at least 4 members (excludes halogenated alkanes) is 4. The summed E-state index contributed by atoms with van der Waals surface area (Å²) in [6.45, 7) is 2.39. The minimum atomic E-state index is -2.90. The molecule has 0 aliphatic heterocycles. The van der Waals surface area contributed by atoms with Gasteiger partial charge < -0.3 is 9.47 Å². The van der Waals surface area contributed by atoms with Crippen LogP contribution in [-0.2, 0) is 21.0 Å². The number of benzene rings is 1. The van der Waals surface area contributed by atoms with Crippen molar-refractivity contribution in [3.63, 3.8) is 0 Å². The zero-order valence-corrected chi connectivity index (χ0v) is 15.2. The average Bonchev–Trinajstić information content (AvgIpc) is 2.54. The van der Waals surface area contributed by atoms with E-state index < -0.39 is 9.84 Å². The van der Waals surface area contributed by atoms with Crippen LogP contribution in [0.25, 0.3) is 0 Å². The number of ether oxygens (including phenoxy) is 2. The number of methoxy groups -OCH3 is 1. The molecule has 0 radical (unpaired) electrons. The summed E-state index contributed by atoms with van der Waals surface area (Å²) in [7, 11) is -1.32. The van der Waals surface area contributed by atoms with Gasteiger partial charge in [-0.2, -0.15) is 0 Å². The van der Waals surface area contributed by atoms with Crippen LogP contribution in [0.5, 0.6) is 5.75 Å². The molecule has 4 nitrogen and oxygen atoms in total. The lowest BCUT2D eigenvalue weighted by atomic mass is 10.1. The summed E-state index contributed by atoms with van der Waals surface area (Å²) in [5.74, 6) is 1.37. The Labute approximate surface area is 141 Å². The van der Waals surface area contributed by atoms with Crippen LogP contribution in [0, 0.1) is 0 Å². The fraction of sp³-hybridized carbons (Fsp3) is 0.667. The van der Waals surface area contributed by atoms with Crippen LogP contribution in [0.2, 0.25) is 0 Å². The SMILES string of the molecule is CCCCCCCS(=O)(=O)CCCc1ccc(OCOC)cc1. The van der Waals surface area contributed by atoms with Crippen LogP contribution in [0.15, 0.2) is 24.3 Å². The molecule has 0 bridgehead atoms. The molecule has 0 saturated heterocycles. The van der Waals surface area contributed by atoms with Gasteiger partial charge in [0, 0.05) is 7.11 Å². The Morgan fingerprint density at radius 1 is 0.913 bits per heavy atom. The van der Waals surface area contributed by atoms with Crippen molar-refractivity contribution in [3.05, 3.63) is 29.8 Å². The third kappa shape index (κ3) is 9.61. The summed E-state index contributed by atoms with van der Waals surface area (Å²) in [5, 5.41) is 0. The van der Waals surface area contributed by atoms with E-state index in [2.05, 4.69) is 6.92 Å². The minimum absolute atomic E-state index is 0.232. The van der Waals surface area contributed by atoms with E-state index in [1.165, 1.54) is 12.8 Å². The van der Waals surface area contributed by atoms with Gasteiger partial charge in [-0.1, -0.05) is 44.7 Å². The summed E-state index contributed by atoms with van der Waals surface area (Å²) < 4.78 is 34.1. The Morgan fingerprint density at radius 2 is 1.57 bits per heavy atom. The molecule has 132 valence electrons. The normalized spacial score (nSPS) is 11.6. The molecule has 0 heterocycles. The van der Waals surface area contributed by atoms with Crippen molar-refractivity contribution < 1.29 is 17.9 Å². The van der Waals surface area contributed by atoms with E-state index in [-0.39, 0.29) is 12.5 Å². The zero-order valence-electron chi connectivity index (χ0n) is 14.4. The fourth-order valence-corrected chi connectivity index (χ4v) is 3.84. The number of hydrogen-bond acceptors (Lipinski definition) is 4. The standard InChI is InChI=1S/C18H30O4S/c1-3-4-5-6-7-14-23(19,20)15-8-9-17-10-12-18(13-11-17)22-16-21-2/h10-13H,3-9,14-16H2,1-2H3. The minimum Gasteiger partial charge on any atom is -0.468 e. The van der Waals surface area contributed by atoms with Gasteiger partial charge in [-0.15, -0.1) is 0 Å². The summed E-state index contributed by atoms with van der Waals surface area (Å²) in [6.07, 6.45) is 6.80. The Hall–Kier alpha value is -1.07. The van der Waals surface area contributed by atoms with Gasteiger partial charge in [0.1, 0.15) is 15.6 Å². The Balaban J connectivity index is 2.24. The lowest BCUT2D eigenvalue weighted by molar-refractivity contribution is 0.0511. The first-order valence-electron chi connectivity index (χ1n) is 8.48. The van der Waals surface area contributed by atoms with Gasteiger partial charge in [0.2, 0.25) is 0 Å². The molecular formula is C18H30O4S. The highest BCUT2D eigenvalue weighted by molar-refractivity contribution is 7.91. The topological polar surface area (TPSA) is 52.6 Å². The smallest absolute Gasteiger partial charge is 0.188 e. The van der Waals surface area contributed by atoms with Gasteiger partial charge in [-0.25, -0.2) is 8.42 Å². The predicted molar refractivity (Wildman–Crippen MR) is 94.7 cm³/mol. The van der Waals surface area contributed by atoms with Gasteiger partial charge >= 0.3 is 0 Å². The molecule has 0 unspecified atom stereocenters. The molecule has 0 atom stereocenters. The van der Waals surface area contributed by atoms with Gasteiger partial charge in [0.05, 0.1) is 11.5 Å². The molecule has 0 amide bonds. The third-order valence-electron chi connectivity index (χ3n) is 3.75. The summed E-state index contributed by atoms with van der Waals surface area (Å²) in [5.41, 5.74) is 1.13. The van der Waals surface area contributed by atoms with E-state index in [4.69, 9.17) is 9.47 Å². The van der Waals surface area contributed by atoms with Crippen LogP contribution in [0.1, 0.15) is 51.0 Å². The number of sulfone groups is 1. The summed E-state index contributed by atoms with van der Waals surface area (Å²) >= 11 is 0. The largest absolute Gasteiger partial charge is 0.468 e. The Bertz CT molecular complexity index is 508. The molecular weight excluding hydrogens is 312 g/mol. The molecule has 0 spiro atoms. The highest BCUT2D eigenvalue weighted by Crippen LogP contribution is 2.14. The van der Waals surface area contributed by atoms with Crippen molar-refractivity contribution in [2.75, 3.05) is 25.4 Å². The second-order valence-electron chi connectivity index (χ2n) is 5.86. The molecule has 23 heavy (non-hydrogen) atoms. The maximum absolute atomic E-state index is 12.0. The molecule has 0 aliphatic carbocycles. The average molecular weight is 343 g/mol. The van der Waals surface area contributed by atoms with Crippen molar-refractivity contribution in [3.8, 4) is 5.75 Å². The van der Waals surface area contributed by atoms with E-state index in [1.54, 1.807) is 7.11 Å². The first-order valence-corrected chi connectivity index (χ1v) is 10.3. The second kappa shape index (κ2) is 11.5. The summed E-state index contributed by atoms with van der Waals surface area (Å²) in [6, 6.07) is 7.72. The highest BCUT2D eigenvalue weighted by atomic mass is 32.2. The zero-order chi connectivity index (χ0) is 17.0. The van der Waals surface area contributed by atoms with Gasteiger partial charge in [-0.05, 0) is 37.0 Å². The first kappa shape index (κ1) is 20.0. The van der Waals surface area contributed by atoms with E-state index in [0.717, 1.165) is 37.0 Å². The maximum Gasteiger partial charge on any atom is 0.188 e. The van der Waals surface area contributed by atoms with Crippen LogP contribution in [-0.4, -0.2) is 33.8 Å². The van der Waals surface area contributed by atoms with Crippen LogP contribution in [0.3, 0.4) is 0 Å². The van der Waals surface area contributed by atoms with Gasteiger partial charge in [-0.3, -0.25) is 0 Å². The van der Waals surface area contributed by atoms with Crippen molar-refractivity contribution >= 4 is 9.84 Å². The first-order chi connectivity index (χ1) is 11.1. The molecule has 0 saturated carbocycles. The van der Waals surface area contributed by atoms with Crippen molar-refractivity contribution in [2.45, 2.75) is 51.9 Å². The third-order valence-corrected chi connectivity index (χ3v) is 5.57.